The Morgan fingerprint density at radius 3 is 1.34 bits per heavy atom. The van der Waals surface area contributed by atoms with Gasteiger partial charge in [-0.15, -0.1) is 0 Å². The number of likely N-dealkylation sites (N-methyl/N-ethyl adjacent to an activating group) is 1. The van der Waals surface area contributed by atoms with E-state index >= 15 is 0 Å². The molecule has 0 aliphatic heterocycles. The molecule has 0 aromatic heterocycles. The van der Waals surface area contributed by atoms with E-state index < -0.39 is 26.5 Å². The minimum Gasteiger partial charge on any atom is -0.462 e. The van der Waals surface area contributed by atoms with Gasteiger partial charge in [0.2, 0.25) is 0 Å². The van der Waals surface area contributed by atoms with Crippen molar-refractivity contribution < 1.29 is 42.1 Å². The fourth-order valence-electron chi connectivity index (χ4n) is 6.30. The van der Waals surface area contributed by atoms with Crippen molar-refractivity contribution in [3.63, 3.8) is 0 Å². The lowest BCUT2D eigenvalue weighted by Gasteiger charge is -2.24. The fourth-order valence-corrected chi connectivity index (χ4v) is 7.04. The summed E-state index contributed by atoms with van der Waals surface area (Å²) in [6, 6.07) is 0. The number of ether oxygens (including phenoxy) is 2. The van der Waals surface area contributed by atoms with Gasteiger partial charge in [-0.2, -0.15) is 0 Å². The van der Waals surface area contributed by atoms with Gasteiger partial charge in [-0.1, -0.05) is 154 Å². The first kappa shape index (κ1) is 54.5. The molecule has 10 heteroatoms. The van der Waals surface area contributed by atoms with Crippen LogP contribution in [0.4, 0.5) is 0 Å². The summed E-state index contributed by atoms with van der Waals surface area (Å²) in [5, 5.41) is 0. The van der Waals surface area contributed by atoms with Gasteiger partial charge >= 0.3 is 19.8 Å². The SMILES string of the molecule is CCCCCCCC/C=C/CCCCCCCCCC(=O)O[C@H](COC(=O)CCCCC/C=C/CCCCCCCCCC)COP(=O)(O)OCC[N+](C)(C)C. The number of hydrogen-bond donors (Lipinski definition) is 1. The molecule has 0 aromatic carbocycles. The second-order valence-electron chi connectivity index (χ2n) is 16.8. The van der Waals surface area contributed by atoms with Crippen LogP contribution in [0.15, 0.2) is 24.3 Å². The summed E-state index contributed by atoms with van der Waals surface area (Å²) in [7, 11) is 1.47. The Kier molecular flexibility index (Phi) is 37.9. The summed E-state index contributed by atoms with van der Waals surface area (Å²) in [4.78, 5) is 35.4. The van der Waals surface area contributed by atoms with E-state index in [9.17, 15) is 19.0 Å². The molecule has 2 atom stereocenters. The van der Waals surface area contributed by atoms with E-state index in [4.69, 9.17) is 18.5 Å². The number of allylic oxidation sites excluding steroid dienone is 4. The molecule has 1 N–H and O–H groups in total. The van der Waals surface area contributed by atoms with Crippen LogP contribution in [0.5, 0.6) is 0 Å². The Balaban J connectivity index is 4.35. The van der Waals surface area contributed by atoms with E-state index in [0.717, 1.165) is 51.4 Å². The predicted molar refractivity (Wildman–Crippen MR) is 234 cm³/mol. The van der Waals surface area contributed by atoms with E-state index in [1.165, 1.54) is 116 Å². The standard InChI is InChI=1S/C46H88NO8P/c1-6-8-10-12-14-16-18-20-22-23-25-27-29-31-33-35-37-39-46(49)55-44(43-54-56(50,51)53-41-40-47(3,4)5)42-52-45(48)38-36-34-32-30-28-26-24-21-19-17-15-13-11-9-7-2/h20,22,26,28,44H,6-19,21,23-25,27,29-43H2,1-5H3/p+1/b22-20+,28-26+/t44-/m1/s1. The molecule has 0 saturated carbocycles. The van der Waals surface area contributed by atoms with Gasteiger partial charge in [-0.3, -0.25) is 18.6 Å². The lowest BCUT2D eigenvalue weighted by molar-refractivity contribution is -0.870. The number of esters is 2. The third-order valence-corrected chi connectivity index (χ3v) is 10.9. The van der Waals surface area contributed by atoms with Crippen molar-refractivity contribution in [2.24, 2.45) is 0 Å². The van der Waals surface area contributed by atoms with Crippen molar-refractivity contribution in [2.75, 3.05) is 47.5 Å². The molecule has 0 aromatic rings. The number of phosphoric ester groups is 1. The number of rotatable bonds is 42. The number of quaternary nitrogens is 1. The van der Waals surface area contributed by atoms with Crippen LogP contribution in [0, 0.1) is 0 Å². The van der Waals surface area contributed by atoms with Gasteiger partial charge in [-0.05, 0) is 64.2 Å². The molecule has 1 unspecified atom stereocenters. The molecule has 0 saturated heterocycles. The maximum Gasteiger partial charge on any atom is 0.472 e. The van der Waals surface area contributed by atoms with Crippen LogP contribution in [0.2, 0.25) is 0 Å². The molecule has 0 radical (unpaired) electrons. The van der Waals surface area contributed by atoms with Crippen molar-refractivity contribution in [1.29, 1.82) is 0 Å². The largest absolute Gasteiger partial charge is 0.472 e. The summed E-state index contributed by atoms with van der Waals surface area (Å²) >= 11 is 0. The van der Waals surface area contributed by atoms with Crippen molar-refractivity contribution in [2.45, 2.75) is 213 Å². The van der Waals surface area contributed by atoms with Gasteiger partial charge in [0.25, 0.3) is 0 Å². The van der Waals surface area contributed by atoms with Crippen LogP contribution in [-0.4, -0.2) is 74.9 Å². The molecule has 0 fully saturated rings. The Hall–Kier alpha value is -1.51. The van der Waals surface area contributed by atoms with Crippen molar-refractivity contribution in [3.05, 3.63) is 24.3 Å². The molecule has 0 spiro atoms. The van der Waals surface area contributed by atoms with E-state index in [1.807, 2.05) is 21.1 Å². The highest BCUT2D eigenvalue weighted by atomic mass is 31.2. The van der Waals surface area contributed by atoms with Crippen molar-refractivity contribution >= 4 is 19.8 Å². The number of hydrogen-bond acceptors (Lipinski definition) is 7. The highest BCUT2D eigenvalue weighted by Gasteiger charge is 2.27. The van der Waals surface area contributed by atoms with Crippen molar-refractivity contribution in [3.8, 4) is 0 Å². The third kappa shape index (κ3) is 42.1. The molecule has 0 heterocycles. The van der Waals surface area contributed by atoms with E-state index in [2.05, 4.69) is 38.2 Å². The van der Waals surface area contributed by atoms with Crippen LogP contribution < -0.4 is 0 Å². The minimum atomic E-state index is -4.38. The minimum absolute atomic E-state index is 0.0299. The van der Waals surface area contributed by atoms with Crippen LogP contribution in [0.25, 0.3) is 0 Å². The van der Waals surface area contributed by atoms with Crippen LogP contribution in [0.1, 0.15) is 206 Å². The molecule has 0 rings (SSSR count). The number of phosphoric acid groups is 1. The lowest BCUT2D eigenvalue weighted by Crippen LogP contribution is -2.37. The van der Waals surface area contributed by atoms with Crippen LogP contribution in [0.3, 0.4) is 0 Å². The summed E-state index contributed by atoms with van der Waals surface area (Å²) in [6.07, 6.45) is 42.2. The zero-order valence-electron chi connectivity index (χ0n) is 37.1. The zero-order chi connectivity index (χ0) is 41.4. The molecular formula is C46H89NO8P+. The van der Waals surface area contributed by atoms with Crippen LogP contribution in [-0.2, 0) is 32.7 Å². The quantitative estimate of drug-likeness (QED) is 0.0213. The summed E-state index contributed by atoms with van der Waals surface area (Å²) in [6.45, 7) is 4.41. The Morgan fingerprint density at radius 1 is 0.536 bits per heavy atom. The summed E-state index contributed by atoms with van der Waals surface area (Å²) in [5.41, 5.74) is 0. The maximum absolute atomic E-state index is 12.7. The van der Waals surface area contributed by atoms with E-state index in [0.29, 0.717) is 23.9 Å². The first-order valence-electron chi connectivity index (χ1n) is 23.1. The maximum atomic E-state index is 12.7. The first-order valence-corrected chi connectivity index (χ1v) is 24.6. The average molecular weight is 815 g/mol. The van der Waals surface area contributed by atoms with E-state index in [-0.39, 0.29) is 32.0 Å². The van der Waals surface area contributed by atoms with Gasteiger partial charge in [0.05, 0.1) is 27.7 Å². The predicted octanol–water partition coefficient (Wildman–Crippen LogP) is 13.1. The van der Waals surface area contributed by atoms with Crippen molar-refractivity contribution in [1.82, 2.24) is 0 Å². The van der Waals surface area contributed by atoms with Gasteiger partial charge in [-0.25, -0.2) is 4.57 Å². The molecule has 0 aliphatic rings. The molecule has 330 valence electrons. The molecule has 0 aliphatic carbocycles. The second kappa shape index (κ2) is 39.0. The molecule has 56 heavy (non-hydrogen) atoms. The van der Waals surface area contributed by atoms with Crippen LogP contribution >= 0.6 is 7.82 Å². The third-order valence-electron chi connectivity index (χ3n) is 9.95. The fraction of sp³-hybridized carbons (Fsp3) is 0.870. The Bertz CT molecular complexity index is 1010. The Labute approximate surface area is 345 Å². The zero-order valence-corrected chi connectivity index (χ0v) is 38.0. The molecule has 0 amide bonds. The number of carbonyl (C=O) groups is 2. The molecular weight excluding hydrogens is 725 g/mol. The topological polar surface area (TPSA) is 108 Å². The number of nitrogens with zero attached hydrogens (tertiary/aromatic N) is 1. The monoisotopic (exact) mass is 815 g/mol. The number of carbonyl (C=O) groups excluding carboxylic acids is 2. The lowest BCUT2D eigenvalue weighted by atomic mass is 10.1. The van der Waals surface area contributed by atoms with E-state index in [1.54, 1.807) is 0 Å². The normalized spacial score (nSPS) is 13.8. The number of unbranched alkanes of at least 4 members (excludes halogenated alkanes) is 24. The summed E-state index contributed by atoms with van der Waals surface area (Å²) in [5.74, 6) is -0.816. The highest BCUT2D eigenvalue weighted by Crippen LogP contribution is 2.43. The van der Waals surface area contributed by atoms with Gasteiger partial charge in [0.15, 0.2) is 6.10 Å². The first-order chi connectivity index (χ1) is 27.0. The van der Waals surface area contributed by atoms with Gasteiger partial charge in [0, 0.05) is 12.8 Å². The highest BCUT2D eigenvalue weighted by molar-refractivity contribution is 7.47. The second-order valence-corrected chi connectivity index (χ2v) is 18.2. The van der Waals surface area contributed by atoms with Gasteiger partial charge in [0.1, 0.15) is 19.8 Å². The van der Waals surface area contributed by atoms with Gasteiger partial charge < -0.3 is 18.9 Å². The molecule has 9 nitrogen and oxygen atoms in total. The average Bonchev–Trinajstić information content (AvgIpc) is 3.15. The Morgan fingerprint density at radius 2 is 0.911 bits per heavy atom. The summed E-state index contributed by atoms with van der Waals surface area (Å²) < 4.78 is 34.3. The molecule has 0 bridgehead atoms. The smallest absolute Gasteiger partial charge is 0.462 e.